The van der Waals surface area contributed by atoms with Gasteiger partial charge in [0.05, 0.1) is 5.56 Å². The van der Waals surface area contributed by atoms with Crippen LogP contribution in [0.2, 0.25) is 0 Å². The summed E-state index contributed by atoms with van der Waals surface area (Å²) in [5.74, 6) is -0.632. The molecule has 0 bridgehead atoms. The SMILES string of the molecule is C=C(C)CC(NCCC)c1cc(C(F)(F)F)ccc1F. The fourth-order valence-corrected chi connectivity index (χ4v) is 1.95. The van der Waals surface area contributed by atoms with E-state index in [9.17, 15) is 17.6 Å². The van der Waals surface area contributed by atoms with Crippen molar-refractivity contribution >= 4 is 0 Å². The van der Waals surface area contributed by atoms with E-state index in [4.69, 9.17) is 0 Å². The number of halogens is 4. The lowest BCUT2D eigenvalue weighted by Crippen LogP contribution is -2.24. The van der Waals surface area contributed by atoms with Crippen molar-refractivity contribution in [3.8, 4) is 0 Å². The average Bonchev–Trinajstić information content (AvgIpc) is 2.33. The van der Waals surface area contributed by atoms with Crippen LogP contribution in [0.4, 0.5) is 17.6 Å². The summed E-state index contributed by atoms with van der Waals surface area (Å²) in [6.45, 7) is 8.06. The number of benzene rings is 1. The molecule has 1 nitrogen and oxygen atoms in total. The lowest BCUT2D eigenvalue weighted by atomic mass is 9.97. The van der Waals surface area contributed by atoms with Crippen LogP contribution in [0.1, 0.15) is 43.9 Å². The van der Waals surface area contributed by atoms with Gasteiger partial charge in [-0.2, -0.15) is 13.2 Å². The molecule has 20 heavy (non-hydrogen) atoms. The van der Waals surface area contributed by atoms with Crippen molar-refractivity contribution in [3.05, 3.63) is 47.3 Å². The molecule has 1 unspecified atom stereocenters. The van der Waals surface area contributed by atoms with Gasteiger partial charge in [0.25, 0.3) is 0 Å². The number of nitrogens with one attached hydrogen (secondary N) is 1. The minimum absolute atomic E-state index is 0.0382. The van der Waals surface area contributed by atoms with E-state index < -0.39 is 23.6 Å². The fraction of sp³-hybridized carbons (Fsp3) is 0.467. The predicted molar refractivity (Wildman–Crippen MR) is 71.9 cm³/mol. The summed E-state index contributed by atoms with van der Waals surface area (Å²) in [4.78, 5) is 0. The first kappa shape index (κ1) is 16.7. The molecule has 0 saturated carbocycles. The van der Waals surface area contributed by atoms with Crippen molar-refractivity contribution in [1.29, 1.82) is 0 Å². The predicted octanol–water partition coefficient (Wildman–Crippen LogP) is 4.85. The van der Waals surface area contributed by atoms with Gasteiger partial charge in [0.15, 0.2) is 0 Å². The molecule has 0 heterocycles. The highest BCUT2D eigenvalue weighted by atomic mass is 19.4. The summed E-state index contributed by atoms with van der Waals surface area (Å²) in [5, 5.41) is 3.07. The Hall–Kier alpha value is -1.36. The van der Waals surface area contributed by atoms with Gasteiger partial charge < -0.3 is 5.32 Å². The average molecular weight is 289 g/mol. The van der Waals surface area contributed by atoms with Gasteiger partial charge in [-0.15, -0.1) is 6.58 Å². The van der Waals surface area contributed by atoms with Crippen molar-refractivity contribution in [2.75, 3.05) is 6.54 Å². The van der Waals surface area contributed by atoms with Crippen LogP contribution in [-0.2, 0) is 6.18 Å². The van der Waals surface area contributed by atoms with Crippen molar-refractivity contribution in [1.82, 2.24) is 5.32 Å². The molecule has 0 aliphatic carbocycles. The molecule has 0 spiro atoms. The van der Waals surface area contributed by atoms with E-state index in [2.05, 4.69) is 11.9 Å². The van der Waals surface area contributed by atoms with Gasteiger partial charge in [-0.3, -0.25) is 0 Å². The van der Waals surface area contributed by atoms with Crippen LogP contribution < -0.4 is 5.32 Å². The molecule has 0 radical (unpaired) electrons. The molecule has 0 saturated heterocycles. The van der Waals surface area contributed by atoms with Gasteiger partial charge in [0, 0.05) is 11.6 Å². The van der Waals surface area contributed by atoms with Gasteiger partial charge in [-0.1, -0.05) is 12.5 Å². The molecule has 1 N–H and O–H groups in total. The zero-order valence-electron chi connectivity index (χ0n) is 11.6. The molecule has 1 aromatic rings. The first-order valence-electron chi connectivity index (χ1n) is 6.50. The highest BCUT2D eigenvalue weighted by Crippen LogP contribution is 2.33. The Morgan fingerprint density at radius 2 is 2.00 bits per heavy atom. The fourth-order valence-electron chi connectivity index (χ4n) is 1.95. The van der Waals surface area contributed by atoms with Crippen molar-refractivity contribution in [3.63, 3.8) is 0 Å². The first-order valence-corrected chi connectivity index (χ1v) is 6.50. The lowest BCUT2D eigenvalue weighted by Gasteiger charge is -2.21. The van der Waals surface area contributed by atoms with Crippen molar-refractivity contribution < 1.29 is 17.6 Å². The zero-order valence-corrected chi connectivity index (χ0v) is 11.6. The second kappa shape index (κ2) is 6.88. The number of hydrogen-bond acceptors (Lipinski definition) is 1. The van der Waals surface area contributed by atoms with Gasteiger partial charge >= 0.3 is 6.18 Å². The van der Waals surface area contributed by atoms with Crippen LogP contribution in [0.3, 0.4) is 0 Å². The van der Waals surface area contributed by atoms with Crippen LogP contribution >= 0.6 is 0 Å². The van der Waals surface area contributed by atoms with E-state index in [1.165, 1.54) is 0 Å². The molecule has 1 rings (SSSR count). The normalized spacial score (nSPS) is 13.3. The van der Waals surface area contributed by atoms with E-state index in [1.54, 1.807) is 6.92 Å². The Bertz CT molecular complexity index is 465. The molecule has 0 fully saturated rings. The van der Waals surface area contributed by atoms with Crippen LogP contribution in [0.15, 0.2) is 30.4 Å². The van der Waals surface area contributed by atoms with Crippen LogP contribution in [-0.4, -0.2) is 6.54 Å². The molecular weight excluding hydrogens is 270 g/mol. The molecule has 0 aliphatic rings. The standard InChI is InChI=1S/C15H19F4N/c1-4-7-20-14(8-10(2)3)12-9-11(15(17,18)19)5-6-13(12)16/h5-6,9,14,20H,2,4,7-8H2,1,3H3. The van der Waals surface area contributed by atoms with E-state index in [0.29, 0.717) is 13.0 Å². The van der Waals surface area contributed by atoms with E-state index in [-0.39, 0.29) is 5.56 Å². The third-order valence-electron chi connectivity index (χ3n) is 2.89. The monoisotopic (exact) mass is 289 g/mol. The quantitative estimate of drug-likeness (QED) is 0.583. The van der Waals surface area contributed by atoms with E-state index in [1.807, 2.05) is 6.92 Å². The molecule has 1 aromatic carbocycles. The van der Waals surface area contributed by atoms with Gasteiger partial charge in [0.1, 0.15) is 5.82 Å². The maximum absolute atomic E-state index is 13.8. The largest absolute Gasteiger partial charge is 0.416 e. The lowest BCUT2D eigenvalue weighted by molar-refractivity contribution is -0.137. The molecular formula is C15H19F4N. The first-order chi connectivity index (χ1) is 9.25. The van der Waals surface area contributed by atoms with E-state index in [0.717, 1.165) is 30.2 Å². The highest BCUT2D eigenvalue weighted by molar-refractivity contribution is 5.30. The van der Waals surface area contributed by atoms with Gasteiger partial charge in [-0.25, -0.2) is 4.39 Å². The topological polar surface area (TPSA) is 12.0 Å². The molecule has 0 amide bonds. The molecule has 1 atom stereocenters. The van der Waals surface area contributed by atoms with Gasteiger partial charge in [0.2, 0.25) is 0 Å². The Balaban J connectivity index is 3.13. The minimum atomic E-state index is -4.47. The maximum Gasteiger partial charge on any atom is 0.416 e. The summed E-state index contributed by atoms with van der Waals surface area (Å²) in [5.41, 5.74) is -0.00870. The van der Waals surface area contributed by atoms with Crippen LogP contribution in [0.25, 0.3) is 0 Å². The third-order valence-corrected chi connectivity index (χ3v) is 2.89. The minimum Gasteiger partial charge on any atom is -0.310 e. The van der Waals surface area contributed by atoms with Gasteiger partial charge in [-0.05, 0) is 44.5 Å². The molecule has 0 aliphatic heterocycles. The Labute approximate surface area is 116 Å². The number of alkyl halides is 3. The Kier molecular flexibility index (Phi) is 5.74. The van der Waals surface area contributed by atoms with E-state index >= 15 is 0 Å². The third kappa shape index (κ3) is 4.63. The van der Waals surface area contributed by atoms with Crippen molar-refractivity contribution in [2.24, 2.45) is 0 Å². The Morgan fingerprint density at radius 3 is 2.50 bits per heavy atom. The highest BCUT2D eigenvalue weighted by Gasteiger charge is 2.32. The summed E-state index contributed by atoms with van der Waals surface area (Å²) in [7, 11) is 0. The van der Waals surface area contributed by atoms with Crippen LogP contribution in [0, 0.1) is 5.82 Å². The Morgan fingerprint density at radius 1 is 1.35 bits per heavy atom. The van der Waals surface area contributed by atoms with Crippen molar-refractivity contribution in [2.45, 2.75) is 38.9 Å². The summed E-state index contributed by atoms with van der Waals surface area (Å²) in [6.07, 6.45) is -3.26. The zero-order chi connectivity index (χ0) is 15.3. The summed E-state index contributed by atoms with van der Waals surface area (Å²) >= 11 is 0. The second-order valence-electron chi connectivity index (χ2n) is 4.90. The van der Waals surface area contributed by atoms with Crippen LogP contribution in [0.5, 0.6) is 0 Å². The molecule has 112 valence electrons. The maximum atomic E-state index is 13.8. The summed E-state index contributed by atoms with van der Waals surface area (Å²) < 4.78 is 52.0. The smallest absolute Gasteiger partial charge is 0.310 e. The number of rotatable bonds is 6. The molecule has 5 heteroatoms. The summed E-state index contributed by atoms with van der Waals surface area (Å²) in [6, 6.07) is 2.02. The second-order valence-corrected chi connectivity index (χ2v) is 4.90. The number of hydrogen-bond donors (Lipinski definition) is 1. The molecule has 0 aromatic heterocycles.